The Balaban J connectivity index is 2.36. The molecule has 0 atom stereocenters. The summed E-state index contributed by atoms with van der Waals surface area (Å²) >= 11 is 2.83. The first-order valence-electron chi connectivity index (χ1n) is 5.25. The lowest BCUT2D eigenvalue weighted by atomic mass is 10.3. The molecule has 0 saturated heterocycles. The predicted octanol–water partition coefficient (Wildman–Crippen LogP) is 2.78. The summed E-state index contributed by atoms with van der Waals surface area (Å²) in [6.07, 6.45) is 1.88. The maximum absolute atomic E-state index is 13.4. The van der Waals surface area contributed by atoms with Crippen molar-refractivity contribution >= 4 is 27.6 Å². The van der Waals surface area contributed by atoms with Gasteiger partial charge in [0.15, 0.2) is 5.69 Å². The molecule has 1 heterocycles. The van der Waals surface area contributed by atoms with Crippen molar-refractivity contribution < 1.29 is 24.0 Å². The van der Waals surface area contributed by atoms with E-state index in [1.165, 1.54) is 0 Å². The van der Waals surface area contributed by atoms with E-state index in [2.05, 4.69) is 25.9 Å². The van der Waals surface area contributed by atoms with Crippen LogP contribution in [0.1, 0.15) is 10.5 Å². The highest BCUT2D eigenvalue weighted by Crippen LogP contribution is 2.34. The Labute approximate surface area is 124 Å². The van der Waals surface area contributed by atoms with Crippen LogP contribution in [0.5, 0.6) is 11.6 Å². The van der Waals surface area contributed by atoms with Crippen LogP contribution in [0.4, 0.5) is 10.1 Å². The molecule has 21 heavy (non-hydrogen) atoms. The van der Waals surface area contributed by atoms with Gasteiger partial charge in [-0.25, -0.2) is 19.2 Å². The molecule has 0 aliphatic rings. The maximum atomic E-state index is 13.4. The van der Waals surface area contributed by atoms with E-state index in [4.69, 9.17) is 9.84 Å². The van der Waals surface area contributed by atoms with Gasteiger partial charge in [-0.3, -0.25) is 10.1 Å². The Hall–Kier alpha value is -2.62. The number of ether oxygens (including phenoxy) is 1. The van der Waals surface area contributed by atoms with Crippen molar-refractivity contribution in [1.29, 1.82) is 0 Å². The van der Waals surface area contributed by atoms with E-state index in [1.54, 1.807) is 0 Å². The van der Waals surface area contributed by atoms with Crippen molar-refractivity contribution in [2.75, 3.05) is 0 Å². The fraction of sp³-hybridized carbons (Fsp3) is 0. The molecule has 0 unspecified atom stereocenters. The van der Waals surface area contributed by atoms with Crippen molar-refractivity contribution in [3.63, 3.8) is 0 Å². The molecule has 108 valence electrons. The maximum Gasteiger partial charge on any atom is 0.356 e. The summed E-state index contributed by atoms with van der Waals surface area (Å²) in [5.41, 5.74) is -0.800. The van der Waals surface area contributed by atoms with Gasteiger partial charge in [-0.1, -0.05) is 0 Å². The molecule has 0 aliphatic carbocycles. The van der Waals surface area contributed by atoms with Gasteiger partial charge in [-0.15, -0.1) is 0 Å². The molecular weight excluding hydrogens is 353 g/mol. The second kappa shape index (κ2) is 5.79. The fourth-order valence-electron chi connectivity index (χ4n) is 1.33. The van der Waals surface area contributed by atoms with E-state index < -0.39 is 22.4 Å². The van der Waals surface area contributed by atoms with E-state index in [0.29, 0.717) is 0 Å². The topological polar surface area (TPSA) is 115 Å². The lowest BCUT2D eigenvalue weighted by Gasteiger charge is -2.06. The Morgan fingerprint density at radius 1 is 1.38 bits per heavy atom. The summed E-state index contributed by atoms with van der Waals surface area (Å²) in [7, 11) is 0. The molecule has 0 saturated carbocycles. The van der Waals surface area contributed by atoms with Crippen molar-refractivity contribution in [2.24, 2.45) is 0 Å². The van der Waals surface area contributed by atoms with Crippen molar-refractivity contribution in [2.45, 2.75) is 0 Å². The Bertz CT molecular complexity index is 723. The molecule has 0 radical (unpaired) electrons. The quantitative estimate of drug-likeness (QED) is 0.660. The lowest BCUT2D eigenvalue weighted by Crippen LogP contribution is -2.02. The summed E-state index contributed by atoms with van der Waals surface area (Å²) in [6.45, 7) is 0. The normalized spacial score (nSPS) is 10.2. The molecule has 2 rings (SSSR count). The summed E-state index contributed by atoms with van der Waals surface area (Å²) < 4.78 is 18.4. The monoisotopic (exact) mass is 357 g/mol. The van der Waals surface area contributed by atoms with Gasteiger partial charge in [-0.2, -0.15) is 0 Å². The second-order valence-electron chi connectivity index (χ2n) is 3.64. The first-order valence-corrected chi connectivity index (χ1v) is 6.04. The average Bonchev–Trinajstić information content (AvgIpc) is 2.43. The van der Waals surface area contributed by atoms with E-state index in [0.717, 1.165) is 24.5 Å². The Morgan fingerprint density at radius 3 is 2.62 bits per heavy atom. The first-order chi connectivity index (χ1) is 9.88. The minimum absolute atomic E-state index is 0.0890. The van der Waals surface area contributed by atoms with Crippen LogP contribution >= 0.6 is 15.9 Å². The van der Waals surface area contributed by atoms with Gasteiger partial charge in [0.2, 0.25) is 11.6 Å². The zero-order valence-electron chi connectivity index (χ0n) is 9.99. The van der Waals surface area contributed by atoms with Gasteiger partial charge in [0.1, 0.15) is 5.82 Å². The number of aromatic nitrogens is 2. The van der Waals surface area contributed by atoms with Crippen LogP contribution < -0.4 is 4.74 Å². The van der Waals surface area contributed by atoms with Crippen LogP contribution in [-0.2, 0) is 0 Å². The number of nitro groups is 1. The number of benzene rings is 1. The van der Waals surface area contributed by atoms with Crippen LogP contribution in [0.15, 0.2) is 29.0 Å². The van der Waals surface area contributed by atoms with Crippen LogP contribution in [0.3, 0.4) is 0 Å². The minimum Gasteiger partial charge on any atom is -0.476 e. The molecule has 8 nitrogen and oxygen atoms in total. The highest BCUT2D eigenvalue weighted by Gasteiger charge is 2.20. The van der Waals surface area contributed by atoms with Crippen molar-refractivity contribution in [1.82, 2.24) is 9.97 Å². The average molecular weight is 358 g/mol. The number of aromatic carboxylic acids is 1. The Kier molecular flexibility index (Phi) is 4.08. The number of nitro benzene ring substituents is 1. The zero-order valence-corrected chi connectivity index (χ0v) is 11.6. The van der Waals surface area contributed by atoms with Crippen molar-refractivity contribution in [3.8, 4) is 11.6 Å². The summed E-state index contributed by atoms with van der Waals surface area (Å²) in [6, 6.07) is 1.76. The van der Waals surface area contributed by atoms with Crippen LogP contribution in [0, 0.1) is 15.9 Å². The Morgan fingerprint density at radius 2 is 2.10 bits per heavy atom. The molecule has 0 fully saturated rings. The number of halogens is 2. The number of hydrogen-bond donors (Lipinski definition) is 1. The molecule has 1 N–H and O–H groups in total. The number of carboxylic acids is 1. The number of rotatable bonds is 4. The van der Waals surface area contributed by atoms with Crippen LogP contribution in [0.2, 0.25) is 0 Å². The third-order valence-corrected chi connectivity index (χ3v) is 2.87. The molecule has 2 aromatic rings. The first kappa shape index (κ1) is 14.8. The third kappa shape index (κ3) is 3.28. The highest BCUT2D eigenvalue weighted by atomic mass is 79.9. The molecule has 0 amide bonds. The second-order valence-corrected chi connectivity index (χ2v) is 4.49. The van der Waals surface area contributed by atoms with Gasteiger partial charge in [0.05, 0.1) is 21.8 Å². The van der Waals surface area contributed by atoms with Gasteiger partial charge in [0, 0.05) is 12.1 Å². The summed E-state index contributed by atoms with van der Waals surface area (Å²) in [5.74, 6) is -2.62. The van der Waals surface area contributed by atoms with Crippen LogP contribution in [0.25, 0.3) is 0 Å². The molecule has 0 spiro atoms. The smallest absolute Gasteiger partial charge is 0.356 e. The number of nitrogens with zero attached hydrogens (tertiary/aromatic N) is 3. The van der Waals surface area contributed by atoms with Gasteiger partial charge in [-0.05, 0) is 15.9 Å². The molecule has 0 bridgehead atoms. The summed E-state index contributed by atoms with van der Waals surface area (Å²) in [4.78, 5) is 27.9. The molecule has 0 aliphatic heterocycles. The SMILES string of the molecule is O=C(O)c1cnc(Oc2cc(F)c(Br)cc2[N+](=O)[O-])cn1. The fourth-order valence-corrected chi connectivity index (χ4v) is 1.67. The van der Waals surface area contributed by atoms with E-state index >= 15 is 0 Å². The minimum atomic E-state index is -1.28. The van der Waals surface area contributed by atoms with Gasteiger partial charge in [0.25, 0.3) is 0 Å². The van der Waals surface area contributed by atoms with Gasteiger partial charge >= 0.3 is 11.7 Å². The standard InChI is InChI=1S/C11H5BrFN3O5/c12-5-1-8(16(19)20)9(2-6(5)13)21-10-4-14-7(3-15-10)11(17)18/h1-4H,(H,17,18). The van der Waals surface area contributed by atoms with E-state index in [1.807, 2.05) is 0 Å². The molecule has 1 aromatic heterocycles. The van der Waals surface area contributed by atoms with Crippen molar-refractivity contribution in [3.05, 3.63) is 50.6 Å². The summed E-state index contributed by atoms with van der Waals surface area (Å²) in [5, 5.41) is 19.5. The highest BCUT2D eigenvalue weighted by molar-refractivity contribution is 9.10. The van der Waals surface area contributed by atoms with Gasteiger partial charge < -0.3 is 9.84 Å². The lowest BCUT2D eigenvalue weighted by molar-refractivity contribution is -0.385. The number of hydrogen-bond acceptors (Lipinski definition) is 6. The molecule has 10 heteroatoms. The molecule has 1 aromatic carbocycles. The number of carbonyl (C=O) groups is 1. The number of carboxylic acid groups (broad SMARTS) is 1. The molecular formula is C11H5BrFN3O5. The largest absolute Gasteiger partial charge is 0.476 e. The third-order valence-electron chi connectivity index (χ3n) is 2.26. The zero-order chi connectivity index (χ0) is 15.6. The predicted molar refractivity (Wildman–Crippen MR) is 69.8 cm³/mol. The van der Waals surface area contributed by atoms with E-state index in [-0.39, 0.29) is 21.8 Å². The van der Waals surface area contributed by atoms with E-state index in [9.17, 15) is 19.3 Å². The van der Waals surface area contributed by atoms with Crippen LogP contribution in [-0.4, -0.2) is 26.0 Å².